The van der Waals surface area contributed by atoms with Crippen LogP contribution in [0.1, 0.15) is 35.3 Å². The average Bonchev–Trinajstić information content (AvgIpc) is 3.20. The Morgan fingerprint density at radius 1 is 1.11 bits per heavy atom. The van der Waals surface area contributed by atoms with Crippen LogP contribution < -0.4 is 5.32 Å². The number of aromatic nitrogens is 3. The molecule has 2 amide bonds. The van der Waals surface area contributed by atoms with Crippen LogP contribution in [0.2, 0.25) is 0 Å². The molecule has 0 saturated carbocycles. The number of anilines is 1. The lowest BCUT2D eigenvalue weighted by atomic mass is 10.1. The number of amides is 2. The SMILES string of the molecule is CCN(Cc1ccccc1NC(=O)c1ccc(Cn2cncn2)cc1)C(C)=O. The third-order valence-corrected chi connectivity index (χ3v) is 4.48. The van der Waals surface area contributed by atoms with E-state index in [-0.39, 0.29) is 11.8 Å². The molecule has 1 aromatic heterocycles. The molecule has 3 aromatic rings. The maximum atomic E-state index is 12.7. The molecule has 7 nitrogen and oxygen atoms in total. The fraction of sp³-hybridized carbons (Fsp3) is 0.238. The van der Waals surface area contributed by atoms with Gasteiger partial charge in [0.05, 0.1) is 6.54 Å². The Labute approximate surface area is 164 Å². The number of hydrogen-bond donors (Lipinski definition) is 1. The second-order valence-electron chi connectivity index (χ2n) is 6.43. The van der Waals surface area contributed by atoms with Crippen LogP contribution in [0.4, 0.5) is 5.69 Å². The molecule has 0 bridgehead atoms. The summed E-state index contributed by atoms with van der Waals surface area (Å²) in [6.07, 6.45) is 3.14. The lowest BCUT2D eigenvalue weighted by Crippen LogP contribution is -2.28. The van der Waals surface area contributed by atoms with E-state index in [9.17, 15) is 9.59 Å². The molecule has 0 aliphatic heterocycles. The molecule has 0 aliphatic carbocycles. The molecular weight excluding hydrogens is 354 g/mol. The van der Waals surface area contributed by atoms with Crippen molar-refractivity contribution in [3.05, 3.63) is 77.9 Å². The Hall–Kier alpha value is -3.48. The first kappa shape index (κ1) is 19.3. The quantitative estimate of drug-likeness (QED) is 0.686. The highest BCUT2D eigenvalue weighted by atomic mass is 16.2. The van der Waals surface area contributed by atoms with Gasteiger partial charge in [-0.15, -0.1) is 0 Å². The summed E-state index contributed by atoms with van der Waals surface area (Å²) in [6.45, 7) is 5.15. The summed E-state index contributed by atoms with van der Waals surface area (Å²) in [7, 11) is 0. The Morgan fingerprint density at radius 2 is 1.86 bits per heavy atom. The summed E-state index contributed by atoms with van der Waals surface area (Å²) in [5.74, 6) is -0.183. The summed E-state index contributed by atoms with van der Waals surface area (Å²) in [4.78, 5) is 30.0. The first-order chi connectivity index (χ1) is 13.6. The van der Waals surface area contributed by atoms with Crippen molar-refractivity contribution in [2.45, 2.75) is 26.9 Å². The minimum atomic E-state index is -0.189. The van der Waals surface area contributed by atoms with Gasteiger partial charge in [-0.1, -0.05) is 30.3 Å². The predicted octanol–water partition coefficient (Wildman–Crippen LogP) is 2.95. The zero-order valence-electron chi connectivity index (χ0n) is 16.0. The van der Waals surface area contributed by atoms with Crippen molar-refractivity contribution in [2.24, 2.45) is 0 Å². The van der Waals surface area contributed by atoms with Crippen LogP contribution in [-0.4, -0.2) is 38.0 Å². The maximum absolute atomic E-state index is 12.7. The molecule has 28 heavy (non-hydrogen) atoms. The summed E-state index contributed by atoms with van der Waals surface area (Å²) in [5.41, 5.74) is 3.20. The van der Waals surface area contributed by atoms with Crippen LogP contribution in [0.15, 0.2) is 61.2 Å². The number of nitrogens with zero attached hydrogens (tertiary/aromatic N) is 4. The van der Waals surface area contributed by atoms with E-state index in [4.69, 9.17) is 0 Å². The molecule has 0 radical (unpaired) electrons. The zero-order valence-corrected chi connectivity index (χ0v) is 16.0. The van der Waals surface area contributed by atoms with Crippen molar-refractivity contribution in [1.29, 1.82) is 0 Å². The van der Waals surface area contributed by atoms with Crippen LogP contribution in [0.5, 0.6) is 0 Å². The number of hydrogen-bond acceptors (Lipinski definition) is 4. The van der Waals surface area contributed by atoms with Gasteiger partial charge in [0.15, 0.2) is 0 Å². The summed E-state index contributed by atoms with van der Waals surface area (Å²) >= 11 is 0. The summed E-state index contributed by atoms with van der Waals surface area (Å²) in [6, 6.07) is 14.9. The number of nitrogens with one attached hydrogen (secondary N) is 1. The van der Waals surface area contributed by atoms with Gasteiger partial charge in [-0.2, -0.15) is 5.10 Å². The van der Waals surface area contributed by atoms with Crippen molar-refractivity contribution in [3.63, 3.8) is 0 Å². The summed E-state index contributed by atoms with van der Waals surface area (Å²) in [5, 5.41) is 7.03. The monoisotopic (exact) mass is 377 g/mol. The van der Waals surface area contributed by atoms with Gasteiger partial charge in [0.2, 0.25) is 5.91 Å². The van der Waals surface area contributed by atoms with E-state index in [2.05, 4.69) is 15.4 Å². The van der Waals surface area contributed by atoms with E-state index in [1.165, 1.54) is 6.33 Å². The largest absolute Gasteiger partial charge is 0.339 e. The number of rotatable bonds is 7. The van der Waals surface area contributed by atoms with E-state index in [1.54, 1.807) is 35.0 Å². The molecule has 3 rings (SSSR count). The van der Waals surface area contributed by atoms with Gasteiger partial charge in [0.25, 0.3) is 5.91 Å². The van der Waals surface area contributed by atoms with Crippen molar-refractivity contribution in [1.82, 2.24) is 19.7 Å². The van der Waals surface area contributed by atoms with Crippen molar-refractivity contribution < 1.29 is 9.59 Å². The van der Waals surface area contributed by atoms with Crippen molar-refractivity contribution in [3.8, 4) is 0 Å². The first-order valence-corrected chi connectivity index (χ1v) is 9.13. The molecule has 144 valence electrons. The highest BCUT2D eigenvalue weighted by Gasteiger charge is 2.13. The molecule has 7 heteroatoms. The fourth-order valence-corrected chi connectivity index (χ4v) is 2.89. The van der Waals surface area contributed by atoms with E-state index < -0.39 is 0 Å². The van der Waals surface area contributed by atoms with Gasteiger partial charge in [0, 0.05) is 31.3 Å². The lowest BCUT2D eigenvalue weighted by Gasteiger charge is -2.21. The van der Waals surface area contributed by atoms with Crippen LogP contribution >= 0.6 is 0 Å². The van der Waals surface area contributed by atoms with Crippen LogP contribution in [0, 0.1) is 0 Å². The molecule has 2 aromatic carbocycles. The highest BCUT2D eigenvalue weighted by Crippen LogP contribution is 2.19. The highest BCUT2D eigenvalue weighted by molar-refractivity contribution is 6.04. The van der Waals surface area contributed by atoms with Gasteiger partial charge >= 0.3 is 0 Å². The molecule has 0 unspecified atom stereocenters. The van der Waals surface area contributed by atoms with Crippen molar-refractivity contribution >= 4 is 17.5 Å². The normalized spacial score (nSPS) is 10.5. The molecule has 0 spiro atoms. The molecule has 1 N–H and O–H groups in total. The Balaban J connectivity index is 1.70. The third-order valence-electron chi connectivity index (χ3n) is 4.48. The average molecular weight is 377 g/mol. The summed E-state index contributed by atoms with van der Waals surface area (Å²) < 4.78 is 1.72. The Bertz CT molecular complexity index is 936. The molecule has 0 fully saturated rings. The first-order valence-electron chi connectivity index (χ1n) is 9.13. The lowest BCUT2D eigenvalue weighted by molar-refractivity contribution is -0.129. The topological polar surface area (TPSA) is 80.1 Å². The fourth-order valence-electron chi connectivity index (χ4n) is 2.89. The second-order valence-corrected chi connectivity index (χ2v) is 6.43. The number of benzene rings is 2. The third kappa shape index (κ3) is 4.82. The molecule has 0 aliphatic rings. The number of carbonyl (C=O) groups is 2. The minimum absolute atomic E-state index is 0.00611. The number of carbonyl (C=O) groups excluding carboxylic acids is 2. The van der Waals surface area contributed by atoms with Crippen LogP contribution in [0.25, 0.3) is 0 Å². The number of para-hydroxylation sites is 1. The van der Waals surface area contributed by atoms with Gasteiger partial charge < -0.3 is 10.2 Å². The van der Waals surface area contributed by atoms with Crippen LogP contribution in [-0.2, 0) is 17.9 Å². The standard InChI is InChI=1S/C21H23N5O2/c1-3-25(16(2)27)13-19-6-4-5-7-20(19)24-21(28)18-10-8-17(9-11-18)12-26-15-22-14-23-26/h4-11,14-15H,3,12-13H2,1-2H3,(H,24,28). The van der Waals surface area contributed by atoms with E-state index in [1.807, 2.05) is 43.3 Å². The van der Waals surface area contributed by atoms with Gasteiger partial charge in [-0.25, -0.2) is 9.67 Å². The molecule has 1 heterocycles. The second kappa shape index (κ2) is 8.94. The van der Waals surface area contributed by atoms with Crippen LogP contribution in [0.3, 0.4) is 0 Å². The zero-order chi connectivity index (χ0) is 19.9. The van der Waals surface area contributed by atoms with E-state index >= 15 is 0 Å². The van der Waals surface area contributed by atoms with Gasteiger partial charge in [0.1, 0.15) is 12.7 Å². The smallest absolute Gasteiger partial charge is 0.255 e. The molecule has 0 atom stereocenters. The van der Waals surface area contributed by atoms with E-state index in [0.29, 0.717) is 30.9 Å². The Kier molecular flexibility index (Phi) is 6.16. The van der Waals surface area contributed by atoms with Gasteiger partial charge in [-0.05, 0) is 36.2 Å². The predicted molar refractivity (Wildman–Crippen MR) is 107 cm³/mol. The van der Waals surface area contributed by atoms with Crippen molar-refractivity contribution in [2.75, 3.05) is 11.9 Å². The van der Waals surface area contributed by atoms with E-state index in [0.717, 1.165) is 11.1 Å². The maximum Gasteiger partial charge on any atom is 0.255 e. The van der Waals surface area contributed by atoms with Gasteiger partial charge in [-0.3, -0.25) is 9.59 Å². The Morgan fingerprint density at radius 3 is 2.50 bits per heavy atom. The minimum Gasteiger partial charge on any atom is -0.339 e. The molecule has 0 saturated heterocycles. The molecular formula is C21H23N5O2.